The Bertz CT molecular complexity index is 660. The Morgan fingerprint density at radius 3 is 2.23 bits per heavy atom. The van der Waals surface area contributed by atoms with Crippen molar-refractivity contribution in [3.63, 3.8) is 0 Å². The van der Waals surface area contributed by atoms with Crippen LogP contribution in [-0.2, 0) is 0 Å². The number of methoxy groups -OCH3 is 2. The SMILES string of the molecule is COc1ccc(PC(=O)c2c(Cl)cccc2Cl)c(OC)c1.[LiH]. The zero-order valence-corrected chi connectivity index (χ0v) is 14.0. The molecule has 0 aromatic heterocycles. The van der Waals surface area contributed by atoms with E-state index in [2.05, 4.69) is 0 Å². The van der Waals surface area contributed by atoms with Crippen molar-refractivity contribution in [3.8, 4) is 11.5 Å². The molecule has 0 fully saturated rings. The molecule has 1 atom stereocenters. The maximum absolute atomic E-state index is 12.4. The standard InChI is InChI=1S/C15H13Cl2O3P.Li.H/c1-19-9-6-7-13(12(8-9)20-2)21-15(18)14-10(16)4-3-5-11(14)17;;/h3-8,21H,1-2H3;;. The molecule has 3 nitrogen and oxygen atoms in total. The Morgan fingerprint density at radius 2 is 1.68 bits per heavy atom. The van der Waals surface area contributed by atoms with E-state index < -0.39 is 0 Å². The zero-order chi connectivity index (χ0) is 15.4. The molecule has 0 saturated carbocycles. The van der Waals surface area contributed by atoms with Gasteiger partial charge in [-0.1, -0.05) is 29.3 Å². The first-order valence-corrected chi connectivity index (χ1v) is 7.79. The number of carbonyl (C=O) groups is 1. The molecular weight excluding hydrogens is 337 g/mol. The number of rotatable bonds is 5. The number of halogens is 2. The van der Waals surface area contributed by atoms with Crippen molar-refractivity contribution in [2.24, 2.45) is 0 Å². The van der Waals surface area contributed by atoms with Gasteiger partial charge in [0, 0.05) is 11.4 Å². The molecule has 2 aromatic carbocycles. The third-order valence-electron chi connectivity index (χ3n) is 2.85. The summed E-state index contributed by atoms with van der Waals surface area (Å²) in [6.07, 6.45) is 0. The van der Waals surface area contributed by atoms with Gasteiger partial charge in [0.1, 0.15) is 11.5 Å². The molecule has 0 radical (unpaired) electrons. The second-order valence-electron chi connectivity index (χ2n) is 4.12. The summed E-state index contributed by atoms with van der Waals surface area (Å²) in [6, 6.07) is 10.3. The summed E-state index contributed by atoms with van der Waals surface area (Å²) in [5.74, 6) is 1.27. The third kappa shape index (κ3) is 4.41. The summed E-state index contributed by atoms with van der Waals surface area (Å²) in [6.45, 7) is 0. The van der Waals surface area contributed by atoms with E-state index in [0.717, 1.165) is 5.30 Å². The van der Waals surface area contributed by atoms with Crippen molar-refractivity contribution in [3.05, 3.63) is 52.0 Å². The van der Waals surface area contributed by atoms with Gasteiger partial charge in [-0.25, -0.2) is 0 Å². The average Bonchev–Trinajstić information content (AvgIpc) is 2.47. The fraction of sp³-hybridized carbons (Fsp3) is 0.133. The predicted octanol–water partition coefficient (Wildman–Crippen LogP) is 3.51. The van der Waals surface area contributed by atoms with Crippen LogP contribution in [0, 0.1) is 0 Å². The number of hydrogen-bond acceptors (Lipinski definition) is 3. The van der Waals surface area contributed by atoms with Crippen LogP contribution in [0.2, 0.25) is 10.0 Å². The Morgan fingerprint density at radius 1 is 1.05 bits per heavy atom. The summed E-state index contributed by atoms with van der Waals surface area (Å²) >= 11 is 12.1. The second-order valence-corrected chi connectivity index (χ2v) is 6.17. The summed E-state index contributed by atoms with van der Waals surface area (Å²) < 4.78 is 10.4. The van der Waals surface area contributed by atoms with Gasteiger partial charge in [-0.2, -0.15) is 0 Å². The van der Waals surface area contributed by atoms with Gasteiger partial charge >= 0.3 is 18.9 Å². The van der Waals surface area contributed by atoms with Crippen molar-refractivity contribution >= 4 is 61.5 Å². The monoisotopic (exact) mass is 350 g/mol. The molecule has 0 bridgehead atoms. The molecule has 0 aliphatic heterocycles. The molecule has 0 saturated heterocycles. The first kappa shape index (κ1) is 19.4. The Labute approximate surface area is 153 Å². The van der Waals surface area contributed by atoms with Gasteiger partial charge in [-0.3, -0.25) is 4.79 Å². The fourth-order valence-corrected chi connectivity index (χ4v) is 3.63. The number of carbonyl (C=O) groups excluding carboxylic acids is 1. The molecule has 0 aliphatic rings. The second kappa shape index (κ2) is 8.82. The van der Waals surface area contributed by atoms with Crippen LogP contribution in [0.4, 0.5) is 0 Å². The summed E-state index contributed by atoms with van der Waals surface area (Å²) in [4.78, 5) is 12.4. The van der Waals surface area contributed by atoms with E-state index in [1.165, 1.54) is 0 Å². The Kier molecular flexibility index (Phi) is 7.76. The summed E-state index contributed by atoms with van der Waals surface area (Å²) in [7, 11) is 2.99. The molecule has 2 rings (SSSR count). The number of ether oxygens (including phenoxy) is 2. The van der Waals surface area contributed by atoms with E-state index in [9.17, 15) is 4.79 Å². The van der Waals surface area contributed by atoms with Crippen molar-refractivity contribution < 1.29 is 14.3 Å². The molecule has 2 aromatic rings. The van der Waals surface area contributed by atoms with Gasteiger partial charge in [0.2, 0.25) is 0 Å². The van der Waals surface area contributed by atoms with Gasteiger partial charge in [0.15, 0.2) is 5.52 Å². The first-order chi connectivity index (χ1) is 10.1. The first-order valence-electron chi connectivity index (χ1n) is 6.04. The quantitative estimate of drug-likeness (QED) is 0.611. The Hall–Kier alpha value is -0.683. The molecule has 0 heterocycles. The molecule has 22 heavy (non-hydrogen) atoms. The molecule has 1 unspecified atom stereocenters. The van der Waals surface area contributed by atoms with E-state index >= 15 is 0 Å². The topological polar surface area (TPSA) is 35.5 Å². The summed E-state index contributed by atoms with van der Waals surface area (Å²) in [5, 5.41) is 1.49. The molecule has 112 valence electrons. The molecule has 0 spiro atoms. The number of benzene rings is 2. The van der Waals surface area contributed by atoms with Crippen LogP contribution < -0.4 is 14.8 Å². The van der Waals surface area contributed by atoms with Gasteiger partial charge in [0.05, 0.1) is 29.8 Å². The van der Waals surface area contributed by atoms with Gasteiger partial charge in [-0.05, 0) is 32.8 Å². The molecule has 0 aliphatic carbocycles. The van der Waals surface area contributed by atoms with Crippen molar-refractivity contribution in [1.29, 1.82) is 0 Å². The fourth-order valence-electron chi connectivity index (χ4n) is 1.80. The van der Waals surface area contributed by atoms with Crippen LogP contribution in [0.1, 0.15) is 10.4 Å². The summed E-state index contributed by atoms with van der Waals surface area (Å²) in [5.41, 5.74) is 0.214. The van der Waals surface area contributed by atoms with E-state index in [1.54, 1.807) is 50.6 Å². The minimum atomic E-state index is -0.136. The van der Waals surface area contributed by atoms with Crippen LogP contribution >= 0.6 is 31.8 Å². The number of hydrogen-bond donors (Lipinski definition) is 0. The van der Waals surface area contributed by atoms with E-state index in [4.69, 9.17) is 32.7 Å². The van der Waals surface area contributed by atoms with E-state index in [0.29, 0.717) is 27.1 Å². The van der Waals surface area contributed by atoms with Crippen LogP contribution in [0.5, 0.6) is 11.5 Å². The maximum atomic E-state index is 12.4. The van der Waals surface area contributed by atoms with Crippen LogP contribution in [0.25, 0.3) is 0 Å². The van der Waals surface area contributed by atoms with Crippen LogP contribution in [-0.4, -0.2) is 38.6 Å². The van der Waals surface area contributed by atoms with Crippen molar-refractivity contribution in [1.82, 2.24) is 0 Å². The van der Waals surface area contributed by atoms with Gasteiger partial charge < -0.3 is 9.47 Å². The molecule has 0 N–H and O–H groups in total. The van der Waals surface area contributed by atoms with E-state index in [-0.39, 0.29) is 33.0 Å². The van der Waals surface area contributed by atoms with E-state index in [1.807, 2.05) is 0 Å². The van der Waals surface area contributed by atoms with Crippen molar-refractivity contribution in [2.45, 2.75) is 0 Å². The van der Waals surface area contributed by atoms with Gasteiger partial charge in [0.25, 0.3) is 0 Å². The minimum absolute atomic E-state index is 0. The average molecular weight is 351 g/mol. The van der Waals surface area contributed by atoms with Crippen LogP contribution in [0.15, 0.2) is 36.4 Å². The normalized spacial score (nSPS) is 10.4. The zero-order valence-electron chi connectivity index (χ0n) is 11.4. The predicted molar refractivity (Wildman–Crippen MR) is 95.4 cm³/mol. The molecule has 7 heteroatoms. The third-order valence-corrected chi connectivity index (χ3v) is 4.64. The van der Waals surface area contributed by atoms with Gasteiger partial charge in [-0.15, -0.1) is 0 Å². The Balaban J connectivity index is 0.00000242. The van der Waals surface area contributed by atoms with Crippen molar-refractivity contribution in [2.75, 3.05) is 14.2 Å². The molecular formula is C15H14Cl2LiO3P. The molecule has 0 amide bonds. The van der Waals surface area contributed by atoms with Crippen LogP contribution in [0.3, 0.4) is 0 Å².